The Hall–Kier alpha value is -3.49. The maximum absolute atomic E-state index is 11.9. The molecule has 0 atom stereocenters. The molecule has 124 valence electrons. The lowest BCUT2D eigenvalue weighted by Crippen LogP contribution is -2.17. The van der Waals surface area contributed by atoms with Crippen LogP contribution in [-0.4, -0.2) is 34.7 Å². The lowest BCUT2D eigenvalue weighted by Gasteiger charge is -1.99. The van der Waals surface area contributed by atoms with E-state index < -0.39 is 16.8 Å². The highest BCUT2D eigenvalue weighted by Crippen LogP contribution is 2.13. The minimum Gasteiger partial charge on any atom is -0.464 e. The van der Waals surface area contributed by atoms with Crippen LogP contribution in [0.25, 0.3) is 0 Å². The molecule has 0 bridgehead atoms. The number of carbonyl (C=O) groups excluding carboxylic acids is 2. The third-order valence-corrected chi connectivity index (χ3v) is 3.12. The van der Waals surface area contributed by atoms with Gasteiger partial charge in [0.1, 0.15) is 5.69 Å². The van der Waals surface area contributed by atoms with Gasteiger partial charge in [-0.2, -0.15) is 5.10 Å². The number of non-ortho nitro benzene ring substituents is 1. The number of aromatic nitrogens is 1. The molecule has 0 saturated carbocycles. The van der Waals surface area contributed by atoms with E-state index >= 15 is 0 Å². The normalized spacial score (nSPS) is 10.6. The summed E-state index contributed by atoms with van der Waals surface area (Å²) >= 11 is 0. The number of nitrogens with one attached hydrogen (secondary N) is 1. The summed E-state index contributed by atoms with van der Waals surface area (Å²) in [5.41, 5.74) is 3.12. The van der Waals surface area contributed by atoms with Gasteiger partial charge in [0.25, 0.3) is 11.6 Å². The first-order chi connectivity index (χ1) is 11.4. The quantitative estimate of drug-likeness (QED) is 0.386. The SMILES string of the molecule is COC(=O)c1cc(/C=N\NC(=O)c2cccc([N+](=O)[O-])c2)cn1C. The van der Waals surface area contributed by atoms with E-state index in [9.17, 15) is 19.7 Å². The third kappa shape index (κ3) is 3.83. The highest BCUT2D eigenvalue weighted by molar-refractivity contribution is 5.96. The second-order valence-electron chi connectivity index (χ2n) is 4.77. The van der Waals surface area contributed by atoms with Crippen molar-refractivity contribution >= 4 is 23.8 Å². The van der Waals surface area contributed by atoms with Gasteiger partial charge in [0.15, 0.2) is 0 Å². The summed E-state index contributed by atoms with van der Waals surface area (Å²) in [5, 5.41) is 14.5. The number of benzene rings is 1. The molecular weight excluding hydrogens is 316 g/mol. The van der Waals surface area contributed by atoms with E-state index in [1.165, 1.54) is 31.5 Å². The molecule has 1 N–H and O–H groups in total. The second kappa shape index (κ2) is 7.18. The van der Waals surface area contributed by atoms with Gasteiger partial charge in [-0.1, -0.05) is 6.07 Å². The van der Waals surface area contributed by atoms with Gasteiger partial charge in [-0.15, -0.1) is 0 Å². The van der Waals surface area contributed by atoms with E-state index in [1.54, 1.807) is 23.9 Å². The van der Waals surface area contributed by atoms with Crippen LogP contribution in [0.3, 0.4) is 0 Å². The van der Waals surface area contributed by atoms with E-state index in [0.717, 1.165) is 6.07 Å². The summed E-state index contributed by atoms with van der Waals surface area (Å²) in [5.74, 6) is -1.07. The molecule has 24 heavy (non-hydrogen) atoms. The number of aryl methyl sites for hydroxylation is 1. The summed E-state index contributed by atoms with van der Waals surface area (Å²) in [6, 6.07) is 6.85. The zero-order chi connectivity index (χ0) is 17.7. The molecule has 1 aromatic heterocycles. The van der Waals surface area contributed by atoms with Gasteiger partial charge in [0.05, 0.1) is 18.2 Å². The molecule has 0 spiro atoms. The van der Waals surface area contributed by atoms with Crippen LogP contribution in [0, 0.1) is 10.1 Å². The molecule has 0 aliphatic rings. The summed E-state index contributed by atoms with van der Waals surface area (Å²) in [6.07, 6.45) is 2.98. The number of carbonyl (C=O) groups is 2. The Morgan fingerprint density at radius 2 is 2.12 bits per heavy atom. The minimum atomic E-state index is -0.585. The van der Waals surface area contributed by atoms with Crippen LogP contribution in [0.4, 0.5) is 5.69 Å². The van der Waals surface area contributed by atoms with Gasteiger partial charge in [0, 0.05) is 36.5 Å². The van der Waals surface area contributed by atoms with Crippen molar-refractivity contribution in [3.63, 3.8) is 0 Å². The average molecular weight is 330 g/mol. The molecule has 1 heterocycles. The number of nitro benzene ring substituents is 1. The molecule has 0 aliphatic carbocycles. The second-order valence-corrected chi connectivity index (χ2v) is 4.77. The topological polar surface area (TPSA) is 116 Å². The number of methoxy groups -OCH3 is 1. The fourth-order valence-corrected chi connectivity index (χ4v) is 1.96. The van der Waals surface area contributed by atoms with Crippen LogP contribution in [0.5, 0.6) is 0 Å². The Morgan fingerprint density at radius 3 is 2.79 bits per heavy atom. The summed E-state index contributed by atoms with van der Waals surface area (Å²) in [7, 11) is 2.95. The lowest BCUT2D eigenvalue weighted by molar-refractivity contribution is -0.384. The Bertz CT molecular complexity index is 825. The van der Waals surface area contributed by atoms with E-state index in [1.807, 2.05) is 0 Å². The minimum absolute atomic E-state index is 0.115. The van der Waals surface area contributed by atoms with E-state index in [0.29, 0.717) is 11.3 Å². The molecule has 1 amide bonds. The molecule has 0 aliphatic heterocycles. The first kappa shape index (κ1) is 16.9. The molecule has 0 saturated heterocycles. The number of nitro groups is 1. The lowest BCUT2D eigenvalue weighted by atomic mass is 10.2. The average Bonchev–Trinajstić information content (AvgIpc) is 2.94. The molecule has 9 heteroatoms. The van der Waals surface area contributed by atoms with Crippen molar-refractivity contribution < 1.29 is 19.2 Å². The first-order valence-corrected chi connectivity index (χ1v) is 6.75. The Kier molecular flexibility index (Phi) is 5.05. The number of hydrogen-bond acceptors (Lipinski definition) is 6. The predicted octanol–water partition coefficient (Wildman–Crippen LogP) is 1.48. The van der Waals surface area contributed by atoms with Crippen LogP contribution in [0.15, 0.2) is 41.6 Å². The molecule has 2 rings (SSSR count). The molecule has 0 radical (unpaired) electrons. The van der Waals surface area contributed by atoms with Gasteiger partial charge < -0.3 is 9.30 Å². The van der Waals surface area contributed by atoms with Gasteiger partial charge in [-0.25, -0.2) is 10.2 Å². The fraction of sp³-hybridized carbons (Fsp3) is 0.133. The molecule has 1 aromatic carbocycles. The number of hydrazone groups is 1. The van der Waals surface area contributed by atoms with Crippen molar-refractivity contribution in [2.24, 2.45) is 12.1 Å². The van der Waals surface area contributed by atoms with Crippen molar-refractivity contribution in [3.8, 4) is 0 Å². The first-order valence-electron chi connectivity index (χ1n) is 6.75. The summed E-state index contributed by atoms with van der Waals surface area (Å²) < 4.78 is 6.20. The highest BCUT2D eigenvalue weighted by atomic mass is 16.6. The number of esters is 1. The molecule has 0 fully saturated rings. The van der Waals surface area contributed by atoms with Crippen molar-refractivity contribution in [1.82, 2.24) is 9.99 Å². The zero-order valence-electron chi connectivity index (χ0n) is 12.9. The number of ether oxygens (including phenoxy) is 1. The Labute approximate surface area is 136 Å². The highest BCUT2D eigenvalue weighted by Gasteiger charge is 2.12. The van der Waals surface area contributed by atoms with E-state index in [-0.39, 0.29) is 11.3 Å². The van der Waals surface area contributed by atoms with Gasteiger partial charge in [0.2, 0.25) is 0 Å². The van der Waals surface area contributed by atoms with Crippen molar-refractivity contribution in [3.05, 3.63) is 63.5 Å². The van der Waals surface area contributed by atoms with Crippen molar-refractivity contribution in [2.45, 2.75) is 0 Å². The van der Waals surface area contributed by atoms with Crippen LogP contribution in [0.2, 0.25) is 0 Å². The molecule has 0 unspecified atom stereocenters. The Morgan fingerprint density at radius 1 is 1.38 bits per heavy atom. The van der Waals surface area contributed by atoms with Crippen molar-refractivity contribution in [2.75, 3.05) is 7.11 Å². The standard InChI is InChI=1S/C15H14N4O5/c1-18-9-10(6-13(18)15(21)24-2)8-16-17-14(20)11-4-3-5-12(7-11)19(22)23/h3-9H,1-2H3,(H,17,20)/b16-8-. The molecule has 2 aromatic rings. The van der Waals surface area contributed by atoms with E-state index in [4.69, 9.17) is 0 Å². The van der Waals surface area contributed by atoms with Crippen LogP contribution in [-0.2, 0) is 11.8 Å². The van der Waals surface area contributed by atoms with Crippen LogP contribution >= 0.6 is 0 Å². The third-order valence-electron chi connectivity index (χ3n) is 3.12. The zero-order valence-corrected chi connectivity index (χ0v) is 12.9. The molecular formula is C15H14N4O5. The van der Waals surface area contributed by atoms with Crippen molar-refractivity contribution in [1.29, 1.82) is 0 Å². The van der Waals surface area contributed by atoms with E-state index in [2.05, 4.69) is 15.3 Å². The summed E-state index contributed by atoms with van der Waals surface area (Å²) in [6.45, 7) is 0. The van der Waals surface area contributed by atoms with Crippen LogP contribution < -0.4 is 5.43 Å². The predicted molar refractivity (Wildman–Crippen MR) is 84.9 cm³/mol. The number of rotatable bonds is 5. The number of nitrogens with zero attached hydrogens (tertiary/aromatic N) is 3. The Balaban J connectivity index is 2.06. The molecule has 9 nitrogen and oxygen atoms in total. The smallest absolute Gasteiger partial charge is 0.354 e. The monoisotopic (exact) mass is 330 g/mol. The largest absolute Gasteiger partial charge is 0.464 e. The maximum Gasteiger partial charge on any atom is 0.354 e. The maximum atomic E-state index is 11.9. The van der Waals surface area contributed by atoms with Gasteiger partial charge >= 0.3 is 5.97 Å². The number of hydrogen-bond donors (Lipinski definition) is 1. The van der Waals surface area contributed by atoms with Crippen LogP contribution in [0.1, 0.15) is 26.4 Å². The summed E-state index contributed by atoms with van der Waals surface area (Å²) in [4.78, 5) is 33.5. The van der Waals surface area contributed by atoms with Gasteiger partial charge in [-0.05, 0) is 12.1 Å². The van der Waals surface area contributed by atoms with Gasteiger partial charge in [-0.3, -0.25) is 14.9 Å². The number of amides is 1. The fourth-order valence-electron chi connectivity index (χ4n) is 1.96.